The van der Waals surface area contributed by atoms with Crippen molar-refractivity contribution in [3.05, 3.63) is 29.3 Å². The molecule has 118 valence electrons. The van der Waals surface area contributed by atoms with E-state index in [4.69, 9.17) is 9.47 Å². The molecule has 5 heteroatoms. The molecule has 0 atom stereocenters. The second kappa shape index (κ2) is 6.61. The molecule has 22 heavy (non-hydrogen) atoms. The van der Waals surface area contributed by atoms with Gasteiger partial charge in [-0.15, -0.1) is 0 Å². The van der Waals surface area contributed by atoms with Crippen molar-refractivity contribution in [3.8, 4) is 5.75 Å². The Bertz CT molecular complexity index is 571. The maximum absolute atomic E-state index is 10.8. The lowest BCUT2D eigenvalue weighted by molar-refractivity contribution is 0.0338. The van der Waals surface area contributed by atoms with Gasteiger partial charge in [-0.2, -0.15) is 4.99 Å². The lowest BCUT2D eigenvalue weighted by Gasteiger charge is -2.37. The summed E-state index contributed by atoms with van der Waals surface area (Å²) in [6.07, 6.45) is 4.71. The van der Waals surface area contributed by atoms with Crippen molar-refractivity contribution in [2.45, 2.75) is 31.3 Å². The summed E-state index contributed by atoms with van der Waals surface area (Å²) in [5.41, 5.74) is 1.90. The van der Waals surface area contributed by atoms with Gasteiger partial charge in [-0.1, -0.05) is 6.07 Å². The quantitative estimate of drug-likeness (QED) is 0.618. The topological polar surface area (TPSA) is 51.1 Å². The Balaban J connectivity index is 1.87. The summed E-state index contributed by atoms with van der Waals surface area (Å²) in [5.74, 6) is 0.889. The number of morpholine rings is 1. The summed E-state index contributed by atoms with van der Waals surface area (Å²) in [7, 11) is 1.69. The average molecular weight is 302 g/mol. The van der Waals surface area contributed by atoms with Gasteiger partial charge in [0.2, 0.25) is 6.08 Å². The molecule has 1 saturated heterocycles. The van der Waals surface area contributed by atoms with E-state index in [1.807, 2.05) is 12.1 Å². The zero-order valence-electron chi connectivity index (χ0n) is 13.0. The van der Waals surface area contributed by atoms with Crippen LogP contribution in [0.2, 0.25) is 0 Å². The Labute approximate surface area is 130 Å². The summed E-state index contributed by atoms with van der Waals surface area (Å²) < 4.78 is 10.9. The summed E-state index contributed by atoms with van der Waals surface area (Å²) in [5, 5.41) is 0. The Kier molecular flexibility index (Phi) is 4.57. The number of aliphatic imine (C=N–C) groups is 1. The van der Waals surface area contributed by atoms with Crippen molar-refractivity contribution in [2.24, 2.45) is 4.99 Å². The van der Waals surface area contributed by atoms with Gasteiger partial charge < -0.3 is 9.47 Å². The number of carbonyl (C=O) groups excluding carboxylic acids is 1. The molecule has 0 amide bonds. The van der Waals surface area contributed by atoms with E-state index in [0.717, 1.165) is 69.0 Å². The maximum atomic E-state index is 10.8. The molecule has 0 spiro atoms. The number of ether oxygens (including phenoxy) is 2. The molecule has 5 nitrogen and oxygen atoms in total. The minimum atomic E-state index is -0.353. The van der Waals surface area contributed by atoms with Crippen molar-refractivity contribution < 1.29 is 14.3 Å². The largest absolute Gasteiger partial charge is 0.496 e. The van der Waals surface area contributed by atoms with E-state index in [-0.39, 0.29) is 5.54 Å². The van der Waals surface area contributed by atoms with Gasteiger partial charge in [0.1, 0.15) is 5.75 Å². The predicted octanol–water partition coefficient (Wildman–Crippen LogP) is 2.24. The van der Waals surface area contributed by atoms with Crippen molar-refractivity contribution in [1.82, 2.24) is 4.90 Å². The highest BCUT2D eigenvalue weighted by Gasteiger charge is 2.39. The number of nitrogens with zero attached hydrogens (tertiary/aromatic N) is 2. The maximum Gasteiger partial charge on any atom is 0.235 e. The van der Waals surface area contributed by atoms with Crippen LogP contribution in [0.5, 0.6) is 5.75 Å². The Morgan fingerprint density at radius 3 is 2.73 bits per heavy atom. The van der Waals surface area contributed by atoms with Crippen LogP contribution in [-0.2, 0) is 21.6 Å². The third kappa shape index (κ3) is 2.93. The second-order valence-corrected chi connectivity index (χ2v) is 6.00. The van der Waals surface area contributed by atoms with Gasteiger partial charge in [0.25, 0.3) is 0 Å². The highest BCUT2D eigenvalue weighted by molar-refractivity contribution is 5.44. The lowest BCUT2D eigenvalue weighted by atomic mass is 9.72. The molecule has 0 N–H and O–H groups in total. The molecule has 0 unspecified atom stereocenters. The molecule has 0 radical (unpaired) electrons. The first-order valence-electron chi connectivity index (χ1n) is 7.84. The van der Waals surface area contributed by atoms with Crippen molar-refractivity contribution in [2.75, 3.05) is 33.4 Å². The molecular weight excluding hydrogens is 280 g/mol. The van der Waals surface area contributed by atoms with Gasteiger partial charge in [-0.3, -0.25) is 4.90 Å². The zero-order chi connectivity index (χ0) is 15.4. The molecular formula is C17H22N2O3. The predicted molar refractivity (Wildman–Crippen MR) is 82.7 cm³/mol. The van der Waals surface area contributed by atoms with Gasteiger partial charge in [-0.05, 0) is 37.0 Å². The first-order chi connectivity index (χ1) is 10.8. The van der Waals surface area contributed by atoms with Crippen LogP contribution in [0.25, 0.3) is 0 Å². The fraction of sp³-hybridized carbons (Fsp3) is 0.588. The summed E-state index contributed by atoms with van der Waals surface area (Å²) in [6, 6.07) is 6.17. The van der Waals surface area contributed by atoms with Crippen LogP contribution in [0, 0.1) is 0 Å². The molecule has 3 rings (SSSR count). The lowest BCUT2D eigenvalue weighted by Crippen LogP contribution is -2.36. The standard InChI is InChI=1S/C17H22N2O3/c1-21-16-4-3-15(17(18-13-20)5-2-6-17)11-14(16)12-19-7-9-22-10-8-19/h3-4,11H,2,5-10,12H2,1H3. The molecule has 0 bridgehead atoms. The van der Waals surface area contributed by atoms with Gasteiger partial charge in [0, 0.05) is 25.2 Å². The molecule has 1 heterocycles. The summed E-state index contributed by atoms with van der Waals surface area (Å²) >= 11 is 0. The van der Waals surface area contributed by atoms with Crippen molar-refractivity contribution >= 4 is 6.08 Å². The number of hydrogen-bond donors (Lipinski definition) is 0. The van der Waals surface area contributed by atoms with Gasteiger partial charge in [0.15, 0.2) is 0 Å². The van der Waals surface area contributed by atoms with Crippen LogP contribution in [-0.4, -0.2) is 44.4 Å². The fourth-order valence-corrected chi connectivity index (χ4v) is 3.26. The molecule has 1 aliphatic heterocycles. The van der Waals surface area contributed by atoms with E-state index in [1.54, 1.807) is 13.2 Å². The zero-order valence-corrected chi connectivity index (χ0v) is 13.0. The Morgan fingerprint density at radius 1 is 1.36 bits per heavy atom. The first-order valence-corrected chi connectivity index (χ1v) is 7.84. The first kappa shape index (κ1) is 15.2. The second-order valence-electron chi connectivity index (χ2n) is 6.00. The van der Waals surface area contributed by atoms with Gasteiger partial charge in [-0.25, -0.2) is 4.79 Å². The average Bonchev–Trinajstić information content (AvgIpc) is 2.52. The van der Waals surface area contributed by atoms with E-state index in [2.05, 4.69) is 16.0 Å². The summed E-state index contributed by atoms with van der Waals surface area (Å²) in [6.45, 7) is 4.26. The van der Waals surface area contributed by atoms with E-state index >= 15 is 0 Å². The van der Waals surface area contributed by atoms with Crippen molar-refractivity contribution in [3.63, 3.8) is 0 Å². The van der Waals surface area contributed by atoms with Gasteiger partial charge in [0.05, 0.1) is 25.9 Å². The van der Waals surface area contributed by atoms with Crippen LogP contribution in [0.4, 0.5) is 0 Å². The van der Waals surface area contributed by atoms with E-state index in [0.29, 0.717) is 0 Å². The van der Waals surface area contributed by atoms with E-state index in [9.17, 15) is 4.79 Å². The third-order valence-electron chi connectivity index (χ3n) is 4.76. The molecule has 1 saturated carbocycles. The molecule has 1 aromatic carbocycles. The summed E-state index contributed by atoms with van der Waals surface area (Å²) in [4.78, 5) is 17.2. The SMILES string of the molecule is COc1ccc(C2(N=C=O)CCC2)cc1CN1CCOCC1. The Morgan fingerprint density at radius 2 is 2.14 bits per heavy atom. The number of rotatable bonds is 5. The third-order valence-corrected chi connectivity index (χ3v) is 4.76. The molecule has 1 aliphatic carbocycles. The minimum absolute atomic E-state index is 0.353. The van der Waals surface area contributed by atoms with Gasteiger partial charge >= 0.3 is 0 Å². The van der Waals surface area contributed by atoms with Crippen LogP contribution in [0.1, 0.15) is 30.4 Å². The molecule has 2 aliphatic rings. The fourth-order valence-electron chi connectivity index (χ4n) is 3.26. The number of benzene rings is 1. The number of methoxy groups -OCH3 is 1. The molecule has 0 aromatic heterocycles. The highest BCUT2D eigenvalue weighted by Crippen LogP contribution is 2.45. The number of hydrogen-bond acceptors (Lipinski definition) is 5. The van der Waals surface area contributed by atoms with Crippen molar-refractivity contribution in [1.29, 1.82) is 0 Å². The molecule has 2 fully saturated rings. The van der Waals surface area contributed by atoms with Crippen LogP contribution in [0.3, 0.4) is 0 Å². The van der Waals surface area contributed by atoms with E-state index in [1.165, 1.54) is 0 Å². The Hall–Kier alpha value is -1.68. The van der Waals surface area contributed by atoms with E-state index < -0.39 is 0 Å². The normalized spacial score (nSPS) is 20.8. The minimum Gasteiger partial charge on any atom is -0.496 e. The van der Waals surface area contributed by atoms with Crippen LogP contribution in [0.15, 0.2) is 23.2 Å². The van der Waals surface area contributed by atoms with Crippen LogP contribution < -0.4 is 4.74 Å². The molecule has 1 aromatic rings. The smallest absolute Gasteiger partial charge is 0.235 e. The monoisotopic (exact) mass is 302 g/mol. The van der Waals surface area contributed by atoms with Crippen LogP contribution >= 0.6 is 0 Å². The highest BCUT2D eigenvalue weighted by atomic mass is 16.5. The number of isocyanates is 1.